The molecule has 130 valence electrons. The summed E-state index contributed by atoms with van der Waals surface area (Å²) in [6, 6.07) is 29.3. The highest BCUT2D eigenvalue weighted by molar-refractivity contribution is 6.62. The molecule has 0 aliphatic rings. The highest BCUT2D eigenvalue weighted by Crippen LogP contribution is 2.16. The van der Waals surface area contributed by atoms with Gasteiger partial charge in [0, 0.05) is 11.9 Å². The van der Waals surface area contributed by atoms with E-state index in [1.807, 2.05) is 36.5 Å². The summed E-state index contributed by atoms with van der Waals surface area (Å²) < 4.78 is 3.78. The smallest absolute Gasteiger partial charge is 0.411 e. The molecule has 0 radical (unpaired) electrons. The van der Waals surface area contributed by atoms with E-state index in [4.69, 9.17) is 0 Å². The molecule has 0 spiro atoms. The van der Waals surface area contributed by atoms with Gasteiger partial charge in [-0.1, -0.05) is 78.2 Å². The molecule has 0 bridgehead atoms. The summed E-state index contributed by atoms with van der Waals surface area (Å²) in [7, 11) is 0. The van der Waals surface area contributed by atoms with E-state index in [0.29, 0.717) is 0 Å². The molecule has 3 heteroatoms. The van der Waals surface area contributed by atoms with Crippen LogP contribution in [0.4, 0.5) is 11.4 Å². The summed E-state index contributed by atoms with van der Waals surface area (Å²) >= 11 is -1.00. The van der Waals surface area contributed by atoms with Crippen molar-refractivity contribution >= 4 is 32.0 Å². The van der Waals surface area contributed by atoms with E-state index in [2.05, 4.69) is 70.8 Å². The Morgan fingerprint density at radius 2 is 1.50 bits per heavy atom. The first kappa shape index (κ1) is 18.5. The first-order valence-corrected chi connectivity index (χ1v) is 11.5. The summed E-state index contributed by atoms with van der Waals surface area (Å²) in [5.41, 5.74) is 4.85. The van der Waals surface area contributed by atoms with E-state index in [9.17, 15) is 0 Å². The number of nitrogens with one attached hydrogen (secondary N) is 1. The normalized spacial score (nSPS) is 10.8. The molecule has 0 saturated carbocycles. The minimum Gasteiger partial charge on any atom is -0.476 e. The Hall–Kier alpha value is -2.34. The standard InChI is InChI=1S/C15H14N.C6H6N.C2H5.Al/c1-2-13-8-6-7-9-14(13)12-16-15-10-4-3-5-11-15;7-6-4-2-1-3-5-6;1-2;/h3-12H,1-2H2;1-5,7H;1H2,2H3;/q;-1;;+1. The largest absolute Gasteiger partial charge is 0.476 e. The molecule has 3 aromatic rings. The molecular weight excluding hydrogens is 331 g/mol. The molecule has 0 aliphatic heterocycles. The van der Waals surface area contributed by atoms with E-state index in [0.717, 1.165) is 12.1 Å². The fourth-order valence-corrected chi connectivity index (χ4v) is 5.10. The molecule has 3 aromatic carbocycles. The number of aryl methyl sites for hydroxylation is 1. The van der Waals surface area contributed by atoms with E-state index in [1.165, 1.54) is 27.4 Å². The van der Waals surface area contributed by atoms with Gasteiger partial charge in [-0.25, -0.2) is 0 Å². The van der Waals surface area contributed by atoms with Gasteiger partial charge >= 0.3 is 14.4 Å². The number of para-hydroxylation sites is 2. The van der Waals surface area contributed by atoms with E-state index < -0.39 is 14.4 Å². The third kappa shape index (κ3) is 5.59. The molecular formula is C23H25AlN2. The summed E-state index contributed by atoms with van der Waals surface area (Å²) in [5.74, 6) is 0. The molecule has 0 unspecified atom stereocenters. The number of nitrogens with zero attached hydrogens (tertiary/aromatic N) is 1. The SMILES string of the molecule is C[CH2][Al]([CH2]Cc1ccccc1C=Nc1ccccc1)[NH]c1ccccc1. The summed E-state index contributed by atoms with van der Waals surface area (Å²) in [6.07, 6.45) is 3.10. The lowest BCUT2D eigenvalue weighted by Gasteiger charge is -2.14. The Bertz CT molecular complexity index is 816. The fourth-order valence-electron chi connectivity index (χ4n) is 3.02. The van der Waals surface area contributed by atoms with Gasteiger partial charge in [-0.05, 0) is 41.8 Å². The minimum absolute atomic E-state index is 0.994. The van der Waals surface area contributed by atoms with Crippen molar-refractivity contribution < 1.29 is 0 Å². The van der Waals surface area contributed by atoms with Crippen LogP contribution in [0, 0.1) is 0 Å². The lowest BCUT2D eigenvalue weighted by atomic mass is 10.1. The van der Waals surface area contributed by atoms with Crippen molar-refractivity contribution in [3.05, 3.63) is 96.1 Å². The molecule has 0 fully saturated rings. The highest BCUT2D eigenvalue weighted by atomic mass is 27.2. The van der Waals surface area contributed by atoms with Crippen LogP contribution in [0.1, 0.15) is 18.1 Å². The molecule has 3 rings (SSSR count). The van der Waals surface area contributed by atoms with Gasteiger partial charge in [0.1, 0.15) is 0 Å². The average molecular weight is 356 g/mol. The van der Waals surface area contributed by atoms with Gasteiger partial charge in [0.2, 0.25) is 0 Å². The highest BCUT2D eigenvalue weighted by Gasteiger charge is 2.16. The summed E-state index contributed by atoms with van der Waals surface area (Å²) in [4.78, 5) is 4.62. The van der Waals surface area contributed by atoms with Crippen LogP contribution in [-0.2, 0) is 6.42 Å². The van der Waals surface area contributed by atoms with E-state index in [-0.39, 0.29) is 0 Å². The van der Waals surface area contributed by atoms with Crippen molar-refractivity contribution in [3.8, 4) is 0 Å². The van der Waals surface area contributed by atoms with Crippen LogP contribution in [-0.4, -0.2) is 20.6 Å². The van der Waals surface area contributed by atoms with Gasteiger partial charge in [0.05, 0.1) is 5.69 Å². The zero-order chi connectivity index (χ0) is 18.0. The number of rotatable bonds is 8. The number of benzene rings is 3. The minimum atomic E-state index is -1.00. The number of anilines is 1. The maximum Gasteiger partial charge on any atom is 0.411 e. The first-order chi connectivity index (χ1) is 12.8. The van der Waals surface area contributed by atoms with Gasteiger partial charge in [-0.2, -0.15) is 0 Å². The molecule has 0 aliphatic carbocycles. The molecule has 2 nitrogen and oxygen atoms in total. The van der Waals surface area contributed by atoms with Gasteiger partial charge in [0.15, 0.2) is 0 Å². The monoisotopic (exact) mass is 356 g/mol. The van der Waals surface area contributed by atoms with Crippen molar-refractivity contribution in [2.24, 2.45) is 4.99 Å². The second-order valence-corrected chi connectivity index (χ2v) is 9.52. The van der Waals surface area contributed by atoms with Crippen LogP contribution in [0.15, 0.2) is 89.9 Å². The van der Waals surface area contributed by atoms with Gasteiger partial charge in [-0.15, -0.1) is 0 Å². The maximum absolute atomic E-state index is 4.62. The Morgan fingerprint density at radius 1 is 0.846 bits per heavy atom. The molecule has 26 heavy (non-hydrogen) atoms. The average Bonchev–Trinajstić information content (AvgIpc) is 2.71. The van der Waals surface area contributed by atoms with Crippen LogP contribution >= 0.6 is 0 Å². The second-order valence-electron chi connectivity index (χ2n) is 6.45. The van der Waals surface area contributed by atoms with Crippen LogP contribution in [0.3, 0.4) is 0 Å². The Labute approximate surface area is 161 Å². The van der Waals surface area contributed by atoms with Gasteiger partial charge in [0.25, 0.3) is 0 Å². The van der Waals surface area contributed by atoms with Gasteiger partial charge in [-0.3, -0.25) is 4.99 Å². The van der Waals surface area contributed by atoms with Crippen molar-refractivity contribution in [3.63, 3.8) is 0 Å². The molecule has 0 aromatic heterocycles. The summed E-state index contributed by atoms with van der Waals surface area (Å²) in [5, 5.41) is 2.48. The third-order valence-electron chi connectivity index (χ3n) is 4.56. The Balaban J connectivity index is 1.65. The van der Waals surface area contributed by atoms with Crippen LogP contribution in [0.2, 0.25) is 10.6 Å². The predicted octanol–water partition coefficient (Wildman–Crippen LogP) is 6.10. The van der Waals surface area contributed by atoms with Crippen molar-refractivity contribution in [1.29, 1.82) is 0 Å². The Morgan fingerprint density at radius 3 is 2.23 bits per heavy atom. The van der Waals surface area contributed by atoms with Crippen molar-refractivity contribution in [2.45, 2.75) is 23.9 Å². The molecule has 0 heterocycles. The number of hydrogen-bond donors (Lipinski definition) is 1. The van der Waals surface area contributed by atoms with Crippen molar-refractivity contribution in [1.82, 2.24) is 0 Å². The van der Waals surface area contributed by atoms with Crippen LogP contribution < -0.4 is 4.30 Å². The van der Waals surface area contributed by atoms with Crippen molar-refractivity contribution in [2.75, 3.05) is 4.30 Å². The lowest BCUT2D eigenvalue weighted by molar-refractivity contribution is 1.09. The van der Waals surface area contributed by atoms with Crippen LogP contribution in [0.5, 0.6) is 0 Å². The van der Waals surface area contributed by atoms with Gasteiger partial charge < -0.3 is 4.30 Å². The molecule has 1 N–H and O–H groups in total. The molecule has 0 atom stereocenters. The summed E-state index contributed by atoms with van der Waals surface area (Å²) in [6.45, 7) is 2.30. The first-order valence-electron chi connectivity index (χ1n) is 9.34. The zero-order valence-corrected chi connectivity index (χ0v) is 16.5. The topological polar surface area (TPSA) is 24.4 Å². The second kappa shape index (κ2) is 9.97. The zero-order valence-electron chi connectivity index (χ0n) is 15.3. The van der Waals surface area contributed by atoms with E-state index >= 15 is 0 Å². The third-order valence-corrected chi connectivity index (χ3v) is 7.28. The van der Waals surface area contributed by atoms with E-state index in [1.54, 1.807) is 0 Å². The number of hydrogen-bond acceptors (Lipinski definition) is 2. The lowest BCUT2D eigenvalue weighted by Crippen LogP contribution is -2.24. The molecule has 0 saturated heterocycles. The quantitative estimate of drug-likeness (QED) is 0.382. The predicted molar refractivity (Wildman–Crippen MR) is 115 cm³/mol. The Kier molecular flexibility index (Phi) is 7.08. The maximum atomic E-state index is 4.62. The van der Waals surface area contributed by atoms with Crippen LogP contribution in [0.25, 0.3) is 0 Å². The fraction of sp³-hybridized carbons (Fsp3) is 0.174. The number of aliphatic imine (C=N–C) groups is 1. The molecule has 0 amide bonds.